The third kappa shape index (κ3) is 7.44. The first-order chi connectivity index (χ1) is 16.1. The molecule has 1 atom stereocenters. The Morgan fingerprint density at radius 1 is 1.09 bits per heavy atom. The second-order valence-corrected chi connectivity index (χ2v) is 7.80. The van der Waals surface area contributed by atoms with Crippen molar-refractivity contribution in [2.45, 2.75) is 25.3 Å². The van der Waals surface area contributed by atoms with E-state index >= 15 is 0 Å². The minimum atomic E-state index is -0.801. The summed E-state index contributed by atoms with van der Waals surface area (Å²) in [7, 11) is 0. The van der Waals surface area contributed by atoms with E-state index < -0.39 is 11.9 Å². The third-order valence-electron chi connectivity index (χ3n) is 5.37. The number of amides is 3. The second kappa shape index (κ2) is 12.4. The van der Waals surface area contributed by atoms with Crippen LogP contribution in [-0.4, -0.2) is 61.5 Å². The quantitative estimate of drug-likeness (QED) is 0.723. The van der Waals surface area contributed by atoms with Gasteiger partial charge in [-0.05, 0) is 36.2 Å². The summed E-state index contributed by atoms with van der Waals surface area (Å²) in [6.07, 6.45) is 1.15. The van der Waals surface area contributed by atoms with Crippen molar-refractivity contribution in [3.63, 3.8) is 0 Å². The van der Waals surface area contributed by atoms with Crippen LogP contribution in [0.2, 0.25) is 0 Å². The van der Waals surface area contributed by atoms with Gasteiger partial charge in [0.1, 0.15) is 6.04 Å². The summed E-state index contributed by atoms with van der Waals surface area (Å²) < 4.78 is 5.49. The lowest BCUT2D eigenvalue weighted by atomic mass is 10.0. The predicted octanol–water partition coefficient (Wildman–Crippen LogP) is 1.65. The van der Waals surface area contributed by atoms with Crippen molar-refractivity contribution in [3.05, 3.63) is 71.3 Å². The first-order valence-electron chi connectivity index (χ1n) is 11.0. The van der Waals surface area contributed by atoms with E-state index in [1.54, 1.807) is 29.2 Å². The number of carbonyl (C=O) groups is 3. The number of carbonyl (C=O) groups excluding carboxylic acids is 3. The zero-order valence-corrected chi connectivity index (χ0v) is 18.5. The van der Waals surface area contributed by atoms with Crippen LogP contribution < -0.4 is 10.6 Å². The maximum atomic E-state index is 13.5. The minimum Gasteiger partial charge on any atom is -0.380 e. The largest absolute Gasteiger partial charge is 0.380 e. The fraction of sp³-hybridized carbons (Fsp3) is 0.360. The first kappa shape index (κ1) is 24.0. The van der Waals surface area contributed by atoms with Crippen molar-refractivity contribution in [1.82, 2.24) is 15.5 Å². The zero-order chi connectivity index (χ0) is 23.5. The number of rotatable bonds is 5. The topological polar surface area (TPSA) is 112 Å². The predicted molar refractivity (Wildman–Crippen MR) is 122 cm³/mol. The number of hydrogen-bond donors (Lipinski definition) is 2. The molecule has 1 saturated heterocycles. The number of nitrogens with zero attached hydrogens (tertiary/aromatic N) is 2. The van der Waals surface area contributed by atoms with Gasteiger partial charge in [0.25, 0.3) is 5.91 Å². The molecule has 2 N–H and O–H groups in total. The van der Waals surface area contributed by atoms with Gasteiger partial charge in [-0.3, -0.25) is 14.4 Å². The summed E-state index contributed by atoms with van der Waals surface area (Å²) in [6, 6.07) is 16.9. The number of benzene rings is 2. The highest BCUT2D eigenvalue weighted by Gasteiger charge is 2.27. The highest BCUT2D eigenvalue weighted by atomic mass is 16.5. The molecule has 0 radical (unpaired) electrons. The van der Waals surface area contributed by atoms with Crippen LogP contribution >= 0.6 is 0 Å². The van der Waals surface area contributed by atoms with E-state index in [-0.39, 0.29) is 24.8 Å². The Morgan fingerprint density at radius 2 is 1.85 bits per heavy atom. The van der Waals surface area contributed by atoms with Gasteiger partial charge in [-0.2, -0.15) is 5.26 Å². The van der Waals surface area contributed by atoms with E-state index in [1.807, 2.05) is 36.4 Å². The molecule has 0 spiro atoms. The van der Waals surface area contributed by atoms with Crippen LogP contribution in [0, 0.1) is 11.3 Å². The molecule has 1 aliphatic rings. The summed E-state index contributed by atoms with van der Waals surface area (Å²) in [5.41, 5.74) is 1.73. The monoisotopic (exact) mass is 448 g/mol. The Bertz CT molecular complexity index is 986. The molecule has 1 aliphatic heterocycles. The lowest BCUT2D eigenvalue weighted by Crippen LogP contribution is -2.50. The van der Waals surface area contributed by atoms with E-state index in [0.29, 0.717) is 50.3 Å². The summed E-state index contributed by atoms with van der Waals surface area (Å²) >= 11 is 0. The molecule has 2 aromatic carbocycles. The van der Waals surface area contributed by atoms with E-state index in [1.165, 1.54) is 0 Å². The molecule has 1 unspecified atom stereocenters. The normalized spacial score (nSPS) is 16.0. The SMILES string of the molecule is N#Cc1ccc(C(=O)NC(Cc2ccccc2)C(=O)N2CCCOCCNC(=O)CC2)cc1. The average Bonchev–Trinajstić information content (AvgIpc) is 2.89. The molecule has 172 valence electrons. The van der Waals surface area contributed by atoms with Crippen LogP contribution in [0.5, 0.6) is 0 Å². The van der Waals surface area contributed by atoms with E-state index in [0.717, 1.165) is 5.56 Å². The third-order valence-corrected chi connectivity index (χ3v) is 5.37. The minimum absolute atomic E-state index is 0.139. The number of hydrogen-bond acceptors (Lipinski definition) is 5. The van der Waals surface area contributed by atoms with E-state index in [4.69, 9.17) is 10.00 Å². The Morgan fingerprint density at radius 3 is 2.58 bits per heavy atom. The number of nitrogens with one attached hydrogen (secondary N) is 2. The summed E-state index contributed by atoms with van der Waals surface area (Å²) in [5.74, 6) is -0.778. The van der Waals surface area contributed by atoms with Crippen LogP contribution in [-0.2, 0) is 20.7 Å². The van der Waals surface area contributed by atoms with Crippen LogP contribution in [0.3, 0.4) is 0 Å². The molecule has 0 aromatic heterocycles. The number of ether oxygens (including phenoxy) is 1. The molecule has 0 saturated carbocycles. The molecule has 8 nitrogen and oxygen atoms in total. The van der Waals surface area contributed by atoms with Gasteiger partial charge in [0, 0.05) is 44.6 Å². The van der Waals surface area contributed by atoms with E-state index in [9.17, 15) is 14.4 Å². The van der Waals surface area contributed by atoms with Crippen LogP contribution in [0.1, 0.15) is 34.3 Å². The Balaban J connectivity index is 1.78. The molecule has 3 amide bonds. The zero-order valence-electron chi connectivity index (χ0n) is 18.5. The molecular weight excluding hydrogens is 420 g/mol. The van der Waals surface area contributed by atoms with E-state index in [2.05, 4.69) is 10.6 Å². The highest BCUT2D eigenvalue weighted by Crippen LogP contribution is 2.10. The molecule has 8 heteroatoms. The Kier molecular flexibility index (Phi) is 8.98. The average molecular weight is 449 g/mol. The smallest absolute Gasteiger partial charge is 0.251 e. The van der Waals surface area contributed by atoms with Crippen LogP contribution in [0.4, 0.5) is 0 Å². The van der Waals surface area contributed by atoms with Crippen molar-refractivity contribution in [2.75, 3.05) is 32.8 Å². The lowest BCUT2D eigenvalue weighted by Gasteiger charge is -2.28. The molecule has 0 bridgehead atoms. The Labute approximate surface area is 193 Å². The fourth-order valence-corrected chi connectivity index (χ4v) is 3.59. The standard InChI is InChI=1S/C25H28N4O4/c26-18-20-7-9-21(10-8-20)24(31)28-22(17-19-5-2-1-3-6-19)25(32)29-13-4-15-33-16-12-27-23(30)11-14-29/h1-3,5-10,22H,4,11-17H2,(H,27,30)(H,28,31). The lowest BCUT2D eigenvalue weighted by molar-refractivity contribution is -0.134. The highest BCUT2D eigenvalue weighted by molar-refractivity contribution is 5.97. The molecular formula is C25H28N4O4. The summed E-state index contributed by atoms with van der Waals surface area (Å²) in [5, 5.41) is 14.6. The number of nitriles is 1. The van der Waals surface area contributed by atoms with Gasteiger partial charge in [0.15, 0.2) is 0 Å². The van der Waals surface area contributed by atoms with Crippen LogP contribution in [0.15, 0.2) is 54.6 Å². The molecule has 1 fully saturated rings. The maximum absolute atomic E-state index is 13.5. The molecule has 0 aliphatic carbocycles. The summed E-state index contributed by atoms with van der Waals surface area (Å²) in [6.45, 7) is 2.08. The molecule has 1 heterocycles. The van der Waals surface area contributed by atoms with Gasteiger partial charge < -0.3 is 20.3 Å². The second-order valence-electron chi connectivity index (χ2n) is 7.80. The fourth-order valence-electron chi connectivity index (χ4n) is 3.59. The van der Waals surface area contributed by atoms with Gasteiger partial charge in [0.2, 0.25) is 11.8 Å². The summed E-state index contributed by atoms with van der Waals surface area (Å²) in [4.78, 5) is 40.1. The first-order valence-corrected chi connectivity index (χ1v) is 11.0. The van der Waals surface area contributed by atoms with Crippen molar-refractivity contribution < 1.29 is 19.1 Å². The van der Waals surface area contributed by atoms with Crippen molar-refractivity contribution in [2.24, 2.45) is 0 Å². The maximum Gasteiger partial charge on any atom is 0.251 e. The van der Waals surface area contributed by atoms with Crippen molar-refractivity contribution >= 4 is 17.7 Å². The van der Waals surface area contributed by atoms with Gasteiger partial charge in [0.05, 0.1) is 18.2 Å². The van der Waals surface area contributed by atoms with Gasteiger partial charge in [-0.15, -0.1) is 0 Å². The molecule has 2 aromatic rings. The molecule has 33 heavy (non-hydrogen) atoms. The van der Waals surface area contributed by atoms with Crippen molar-refractivity contribution in [1.29, 1.82) is 5.26 Å². The van der Waals surface area contributed by atoms with Gasteiger partial charge in [-0.25, -0.2) is 0 Å². The molecule has 3 rings (SSSR count). The van der Waals surface area contributed by atoms with Gasteiger partial charge >= 0.3 is 0 Å². The van der Waals surface area contributed by atoms with Crippen LogP contribution in [0.25, 0.3) is 0 Å². The Hall–Kier alpha value is -3.70. The van der Waals surface area contributed by atoms with Crippen molar-refractivity contribution in [3.8, 4) is 6.07 Å². The van der Waals surface area contributed by atoms with Gasteiger partial charge in [-0.1, -0.05) is 30.3 Å².